The summed E-state index contributed by atoms with van der Waals surface area (Å²) in [4.78, 5) is 22.5. The Morgan fingerprint density at radius 3 is 2.72 bits per heavy atom. The van der Waals surface area contributed by atoms with E-state index in [4.69, 9.17) is 4.42 Å². The summed E-state index contributed by atoms with van der Waals surface area (Å²) in [5, 5.41) is 19.9. The smallest absolute Gasteiger partial charge is 0.307 e. The third kappa shape index (κ3) is 3.74. The molecule has 29 heavy (non-hydrogen) atoms. The van der Waals surface area contributed by atoms with Crippen molar-refractivity contribution >= 4 is 28.8 Å². The number of nitrogens with zero attached hydrogens (tertiary/aromatic N) is 4. The van der Waals surface area contributed by atoms with Gasteiger partial charge in [0.15, 0.2) is 5.76 Å². The number of para-hydroxylation sites is 1. The molecule has 0 saturated carbocycles. The van der Waals surface area contributed by atoms with Crippen molar-refractivity contribution in [1.29, 1.82) is 0 Å². The fourth-order valence-electron chi connectivity index (χ4n) is 2.77. The van der Waals surface area contributed by atoms with Crippen LogP contribution in [-0.4, -0.2) is 26.8 Å². The summed E-state index contributed by atoms with van der Waals surface area (Å²) in [6, 6.07) is 15.0. The van der Waals surface area contributed by atoms with Crippen LogP contribution in [0.2, 0.25) is 0 Å². The van der Waals surface area contributed by atoms with Gasteiger partial charge >= 0.3 is 5.91 Å². The van der Waals surface area contributed by atoms with Crippen molar-refractivity contribution in [3.05, 3.63) is 87.9 Å². The van der Waals surface area contributed by atoms with E-state index in [-0.39, 0.29) is 11.4 Å². The second-order valence-electron chi connectivity index (χ2n) is 6.24. The zero-order chi connectivity index (χ0) is 20.4. The highest BCUT2D eigenvalue weighted by Gasteiger charge is 2.11. The van der Waals surface area contributed by atoms with E-state index < -0.39 is 10.8 Å². The molecule has 0 bridgehead atoms. The summed E-state index contributed by atoms with van der Waals surface area (Å²) in [6.07, 6.45) is 3.19. The first-order chi connectivity index (χ1) is 14.0. The number of fused-ring (bicyclic) bond motifs is 1. The third-order valence-corrected chi connectivity index (χ3v) is 4.28. The largest absolute Gasteiger partial charge is 0.451 e. The van der Waals surface area contributed by atoms with E-state index >= 15 is 0 Å². The molecule has 0 radical (unpaired) electrons. The Morgan fingerprint density at radius 1 is 1.24 bits per heavy atom. The van der Waals surface area contributed by atoms with Crippen LogP contribution in [0.1, 0.15) is 21.8 Å². The molecule has 2 heterocycles. The van der Waals surface area contributed by atoms with Crippen molar-refractivity contribution in [3.63, 3.8) is 0 Å². The molecule has 144 valence electrons. The lowest BCUT2D eigenvalue weighted by molar-refractivity contribution is -0.384. The standard InChI is InChI=1S/C20H15N5O4/c1-13-15(12-24(23-13)16-6-8-17(9-7-16)25(27)28)11-21-22-20(26)19-10-14-4-2-3-5-18(14)29-19/h2-12H,1H3,(H,22,26)/b21-11-. The van der Waals surface area contributed by atoms with Crippen LogP contribution >= 0.6 is 0 Å². The maximum Gasteiger partial charge on any atom is 0.307 e. The number of carbonyl (C=O) groups excluding carboxylic acids is 1. The summed E-state index contributed by atoms with van der Waals surface area (Å²) in [5.74, 6) is -0.292. The number of furan rings is 1. The number of aryl methyl sites for hydroxylation is 1. The fraction of sp³-hybridized carbons (Fsp3) is 0.0500. The number of hydrazone groups is 1. The lowest BCUT2D eigenvalue weighted by Crippen LogP contribution is -2.16. The molecule has 9 nitrogen and oxygen atoms in total. The van der Waals surface area contributed by atoms with Crippen molar-refractivity contribution in [2.24, 2.45) is 5.10 Å². The molecule has 0 atom stereocenters. The topological polar surface area (TPSA) is 116 Å². The van der Waals surface area contributed by atoms with Gasteiger partial charge in [-0.25, -0.2) is 10.1 Å². The van der Waals surface area contributed by atoms with Gasteiger partial charge in [-0.1, -0.05) is 18.2 Å². The number of nitro benzene ring substituents is 1. The molecule has 0 fully saturated rings. The number of amides is 1. The van der Waals surface area contributed by atoms with Gasteiger partial charge in [-0.3, -0.25) is 14.9 Å². The molecule has 2 aromatic heterocycles. The van der Waals surface area contributed by atoms with Crippen molar-refractivity contribution in [3.8, 4) is 5.69 Å². The molecule has 4 rings (SSSR count). The van der Waals surface area contributed by atoms with E-state index in [1.165, 1.54) is 18.3 Å². The summed E-state index contributed by atoms with van der Waals surface area (Å²) in [5.41, 5.74) is 5.11. The van der Waals surface area contributed by atoms with Gasteiger partial charge in [-0.05, 0) is 31.2 Å². The minimum Gasteiger partial charge on any atom is -0.451 e. The molecule has 0 unspecified atom stereocenters. The quantitative estimate of drug-likeness (QED) is 0.318. The first kappa shape index (κ1) is 18.1. The van der Waals surface area contributed by atoms with Gasteiger partial charge in [0.1, 0.15) is 5.58 Å². The minimum atomic E-state index is -0.460. The Bertz CT molecular complexity index is 1200. The monoisotopic (exact) mass is 389 g/mol. The van der Waals surface area contributed by atoms with Crippen molar-refractivity contribution in [1.82, 2.24) is 15.2 Å². The first-order valence-electron chi connectivity index (χ1n) is 8.64. The number of nitro groups is 1. The maximum atomic E-state index is 12.2. The van der Waals surface area contributed by atoms with E-state index in [1.807, 2.05) is 18.2 Å². The molecular weight excluding hydrogens is 374 g/mol. The second kappa shape index (κ2) is 7.39. The molecule has 2 aromatic carbocycles. The molecule has 1 amide bonds. The predicted molar refractivity (Wildman–Crippen MR) is 106 cm³/mol. The average molecular weight is 389 g/mol. The molecule has 0 saturated heterocycles. The average Bonchev–Trinajstić information content (AvgIpc) is 3.32. The van der Waals surface area contributed by atoms with Crippen LogP contribution in [0.5, 0.6) is 0 Å². The Hall–Kier alpha value is -4.27. The minimum absolute atomic E-state index is 0.00714. The van der Waals surface area contributed by atoms with Crippen molar-refractivity contribution < 1.29 is 14.1 Å². The van der Waals surface area contributed by atoms with Crippen LogP contribution in [0, 0.1) is 17.0 Å². The number of nitrogens with one attached hydrogen (secondary N) is 1. The lowest BCUT2D eigenvalue weighted by Gasteiger charge is -1.99. The van der Waals surface area contributed by atoms with Crippen molar-refractivity contribution in [2.45, 2.75) is 6.92 Å². The van der Waals surface area contributed by atoms with Gasteiger partial charge in [0.05, 0.1) is 22.5 Å². The Labute approximate surface area is 164 Å². The Balaban J connectivity index is 1.47. The highest BCUT2D eigenvalue weighted by atomic mass is 16.6. The van der Waals surface area contributed by atoms with Crippen LogP contribution in [0.3, 0.4) is 0 Å². The van der Waals surface area contributed by atoms with Gasteiger partial charge in [0.25, 0.3) is 5.69 Å². The van der Waals surface area contributed by atoms with E-state index in [0.717, 1.165) is 5.39 Å². The number of rotatable bonds is 5. The maximum absolute atomic E-state index is 12.2. The molecular formula is C20H15N5O4. The normalized spacial score (nSPS) is 11.2. The second-order valence-corrected chi connectivity index (χ2v) is 6.24. The third-order valence-electron chi connectivity index (χ3n) is 4.28. The fourth-order valence-corrected chi connectivity index (χ4v) is 2.77. The Kier molecular flexibility index (Phi) is 4.62. The summed E-state index contributed by atoms with van der Waals surface area (Å²) < 4.78 is 7.08. The highest BCUT2D eigenvalue weighted by molar-refractivity contribution is 5.96. The van der Waals surface area contributed by atoms with Gasteiger partial charge in [-0.15, -0.1) is 0 Å². The van der Waals surface area contributed by atoms with Gasteiger partial charge in [0.2, 0.25) is 0 Å². The summed E-state index contributed by atoms with van der Waals surface area (Å²) in [7, 11) is 0. The lowest BCUT2D eigenvalue weighted by atomic mass is 10.2. The number of carbonyl (C=O) groups is 1. The molecule has 0 spiro atoms. The van der Waals surface area contributed by atoms with E-state index in [9.17, 15) is 14.9 Å². The molecule has 0 aliphatic heterocycles. The van der Waals surface area contributed by atoms with E-state index in [2.05, 4.69) is 15.6 Å². The molecule has 4 aromatic rings. The highest BCUT2D eigenvalue weighted by Crippen LogP contribution is 2.19. The zero-order valence-electron chi connectivity index (χ0n) is 15.3. The molecule has 9 heteroatoms. The number of non-ortho nitro benzene ring substituents is 1. The number of benzene rings is 2. The van der Waals surface area contributed by atoms with E-state index in [1.54, 1.807) is 42.1 Å². The molecule has 0 aliphatic rings. The van der Waals surface area contributed by atoms with Crippen molar-refractivity contribution in [2.75, 3.05) is 0 Å². The first-order valence-corrected chi connectivity index (χ1v) is 8.64. The van der Waals surface area contributed by atoms with Crippen LogP contribution < -0.4 is 5.43 Å². The molecule has 0 aliphatic carbocycles. The SMILES string of the molecule is Cc1nn(-c2ccc([N+](=O)[O-])cc2)cc1/C=N\NC(=O)c1cc2ccccc2o1. The summed E-state index contributed by atoms with van der Waals surface area (Å²) in [6.45, 7) is 1.80. The van der Waals surface area contributed by atoms with Crippen LogP contribution in [0.25, 0.3) is 16.7 Å². The van der Waals surface area contributed by atoms with Gasteiger partial charge in [0, 0.05) is 29.3 Å². The number of hydrogen-bond acceptors (Lipinski definition) is 6. The van der Waals surface area contributed by atoms with Gasteiger partial charge < -0.3 is 4.42 Å². The van der Waals surface area contributed by atoms with Crippen LogP contribution in [0.15, 0.2) is 70.3 Å². The number of aromatic nitrogens is 2. The summed E-state index contributed by atoms with van der Waals surface area (Å²) >= 11 is 0. The predicted octanol–water partition coefficient (Wildman–Crippen LogP) is 3.60. The number of hydrogen-bond donors (Lipinski definition) is 1. The Morgan fingerprint density at radius 2 is 2.00 bits per heavy atom. The van der Waals surface area contributed by atoms with E-state index in [0.29, 0.717) is 22.5 Å². The van der Waals surface area contributed by atoms with Crippen LogP contribution in [-0.2, 0) is 0 Å². The van der Waals surface area contributed by atoms with Crippen LogP contribution in [0.4, 0.5) is 5.69 Å². The molecule has 1 N–H and O–H groups in total. The van der Waals surface area contributed by atoms with Gasteiger partial charge in [-0.2, -0.15) is 10.2 Å². The zero-order valence-corrected chi connectivity index (χ0v) is 15.3.